The quantitative estimate of drug-likeness (QED) is 0.217. The van der Waals surface area contributed by atoms with Gasteiger partial charge in [0.1, 0.15) is 17.3 Å². The van der Waals surface area contributed by atoms with Crippen LogP contribution in [0.15, 0.2) is 65.3 Å². The Kier molecular flexibility index (Phi) is 8.04. The van der Waals surface area contributed by atoms with E-state index in [-0.39, 0.29) is 29.8 Å². The van der Waals surface area contributed by atoms with Crippen molar-refractivity contribution in [2.45, 2.75) is 63.8 Å². The lowest BCUT2D eigenvalue weighted by molar-refractivity contribution is 0.0228. The van der Waals surface area contributed by atoms with Crippen LogP contribution in [0.4, 0.5) is 13.2 Å². The molecule has 40 heavy (non-hydrogen) atoms. The topological polar surface area (TPSA) is 41.2 Å². The van der Waals surface area contributed by atoms with E-state index in [1.54, 1.807) is 6.20 Å². The molecule has 1 aliphatic heterocycles. The predicted octanol–water partition coefficient (Wildman–Crippen LogP) is 7.38. The van der Waals surface area contributed by atoms with Crippen LogP contribution in [0.1, 0.15) is 57.4 Å². The molecule has 1 aliphatic rings. The molecule has 3 atom stereocenters. The molecule has 2 heterocycles. The summed E-state index contributed by atoms with van der Waals surface area (Å²) in [6.45, 7) is 9.66. The predicted molar refractivity (Wildman–Crippen MR) is 159 cm³/mol. The van der Waals surface area contributed by atoms with Gasteiger partial charge in [0.15, 0.2) is 0 Å². The number of H-pyrrole nitrogens is 1. The number of nitrogens with zero attached hydrogens (tertiary/aromatic N) is 2. The molecule has 3 aromatic carbocycles. The van der Waals surface area contributed by atoms with Crippen LogP contribution in [-0.2, 0) is 10.8 Å². The second kappa shape index (κ2) is 11.1. The van der Waals surface area contributed by atoms with E-state index < -0.39 is 32.4 Å². The van der Waals surface area contributed by atoms with Gasteiger partial charge in [0.05, 0.1) is 24.4 Å². The molecule has 1 N–H and O–H groups in total. The zero-order valence-electron chi connectivity index (χ0n) is 23.4. The summed E-state index contributed by atoms with van der Waals surface area (Å²) in [5.41, 5.74) is 0.728. The average molecular weight is 630 g/mol. The summed E-state index contributed by atoms with van der Waals surface area (Å²) in [7, 11) is -1.57. The van der Waals surface area contributed by atoms with Gasteiger partial charge in [-0.15, -0.1) is 0 Å². The molecule has 0 spiro atoms. The van der Waals surface area contributed by atoms with E-state index in [4.69, 9.17) is 4.43 Å². The fourth-order valence-corrected chi connectivity index (χ4v) is 8.59. The maximum Gasteiger partial charge on any atom is 0.252 e. The third-order valence-electron chi connectivity index (χ3n) is 7.53. The van der Waals surface area contributed by atoms with Crippen molar-refractivity contribution in [3.05, 3.63) is 93.6 Å². The van der Waals surface area contributed by atoms with Crippen LogP contribution in [0, 0.1) is 11.6 Å². The lowest BCUT2D eigenvalue weighted by Crippen LogP contribution is -2.52. The minimum absolute atomic E-state index is 0.0509. The molecule has 4 nitrogen and oxygen atoms in total. The zero-order valence-corrected chi connectivity index (χ0v) is 26.0. The lowest BCUT2D eigenvalue weighted by Gasteiger charge is -2.45. The summed E-state index contributed by atoms with van der Waals surface area (Å²) < 4.78 is 54.2. The van der Waals surface area contributed by atoms with Gasteiger partial charge in [-0.2, -0.15) is 5.10 Å². The maximum atomic E-state index is 16.5. The Hall–Kier alpha value is -2.46. The highest BCUT2D eigenvalue weighted by molar-refractivity contribution is 9.10. The van der Waals surface area contributed by atoms with Crippen LogP contribution >= 0.6 is 15.9 Å². The van der Waals surface area contributed by atoms with Gasteiger partial charge in [-0.1, -0.05) is 73.1 Å². The SMILES string of the molecule is C[C@@H]1Cc2c(ccc3[nH]ncc23)[C@@H](c2c(F)cc(Br)cc2F)N1CC(C)(F)CO[Si](c1ccccc1)C(C)(C)C. The van der Waals surface area contributed by atoms with Gasteiger partial charge in [-0.25, -0.2) is 13.2 Å². The Balaban J connectivity index is 1.51. The first-order valence-electron chi connectivity index (χ1n) is 13.5. The van der Waals surface area contributed by atoms with Crippen LogP contribution < -0.4 is 5.19 Å². The normalized spacial score (nSPS) is 19.6. The van der Waals surface area contributed by atoms with E-state index in [1.807, 2.05) is 54.3 Å². The third-order valence-corrected chi connectivity index (χ3v) is 10.6. The van der Waals surface area contributed by atoms with Crippen molar-refractivity contribution in [3.8, 4) is 0 Å². The Morgan fingerprint density at radius 2 is 1.75 bits per heavy atom. The fourth-order valence-electron chi connectivity index (χ4n) is 5.78. The van der Waals surface area contributed by atoms with Crippen LogP contribution in [0.2, 0.25) is 5.04 Å². The number of fused-ring (bicyclic) bond motifs is 3. The molecule has 0 bridgehead atoms. The van der Waals surface area contributed by atoms with E-state index in [1.165, 1.54) is 19.1 Å². The van der Waals surface area contributed by atoms with Crippen LogP contribution in [0.5, 0.6) is 0 Å². The number of hydrogen-bond acceptors (Lipinski definition) is 3. The zero-order chi connectivity index (χ0) is 28.8. The van der Waals surface area contributed by atoms with Gasteiger partial charge in [-0.3, -0.25) is 10.00 Å². The Morgan fingerprint density at radius 3 is 2.40 bits per heavy atom. The highest BCUT2D eigenvalue weighted by Crippen LogP contribution is 2.43. The molecule has 0 saturated carbocycles. The summed E-state index contributed by atoms with van der Waals surface area (Å²) >= 11 is 3.20. The number of benzene rings is 3. The summed E-state index contributed by atoms with van der Waals surface area (Å²) in [5.74, 6) is -1.35. The van der Waals surface area contributed by atoms with Gasteiger partial charge >= 0.3 is 0 Å². The number of aromatic nitrogens is 2. The first kappa shape index (κ1) is 29.0. The summed E-state index contributed by atoms with van der Waals surface area (Å²) in [6.07, 6.45) is 2.34. The Bertz CT molecular complexity index is 1480. The molecule has 1 aromatic heterocycles. The smallest absolute Gasteiger partial charge is 0.252 e. The van der Waals surface area contributed by atoms with Crippen molar-refractivity contribution in [1.82, 2.24) is 15.1 Å². The molecule has 0 amide bonds. The summed E-state index contributed by atoms with van der Waals surface area (Å²) in [6, 6.07) is 15.2. The van der Waals surface area contributed by atoms with Gasteiger partial charge in [0.2, 0.25) is 0 Å². The molecule has 4 aromatic rings. The number of aromatic amines is 1. The number of nitrogens with one attached hydrogen (secondary N) is 1. The molecule has 0 fully saturated rings. The average Bonchev–Trinajstić information content (AvgIpc) is 3.34. The first-order chi connectivity index (χ1) is 18.9. The first-order valence-corrected chi connectivity index (χ1v) is 15.7. The second-order valence-corrected chi connectivity index (χ2v) is 16.0. The van der Waals surface area contributed by atoms with Gasteiger partial charge in [-0.05, 0) is 59.8 Å². The second-order valence-electron chi connectivity index (χ2n) is 12.0. The highest BCUT2D eigenvalue weighted by atomic mass is 79.9. The molecule has 1 unspecified atom stereocenters. The molecule has 211 valence electrons. The summed E-state index contributed by atoms with van der Waals surface area (Å²) in [5, 5.41) is 8.99. The van der Waals surface area contributed by atoms with Crippen molar-refractivity contribution in [3.63, 3.8) is 0 Å². The van der Waals surface area contributed by atoms with Crippen molar-refractivity contribution >= 4 is 41.1 Å². The van der Waals surface area contributed by atoms with Crippen molar-refractivity contribution in [2.75, 3.05) is 13.2 Å². The Morgan fingerprint density at radius 1 is 1.07 bits per heavy atom. The van der Waals surface area contributed by atoms with Gasteiger partial charge in [0, 0.05) is 28.0 Å². The maximum absolute atomic E-state index is 16.5. The Labute approximate surface area is 243 Å². The van der Waals surface area contributed by atoms with E-state index in [2.05, 4.69) is 46.9 Å². The lowest BCUT2D eigenvalue weighted by atomic mass is 9.82. The largest absolute Gasteiger partial charge is 0.408 e. The van der Waals surface area contributed by atoms with Gasteiger partial charge in [0.25, 0.3) is 9.04 Å². The van der Waals surface area contributed by atoms with Crippen molar-refractivity contribution < 1.29 is 17.6 Å². The van der Waals surface area contributed by atoms with E-state index >= 15 is 13.2 Å². The number of rotatable bonds is 7. The summed E-state index contributed by atoms with van der Waals surface area (Å²) in [4.78, 5) is 1.89. The molecule has 0 saturated heterocycles. The molecular weight excluding hydrogens is 595 g/mol. The standard InChI is InChI=1S/C31H34BrF3N3OSi/c1-19-13-23-22(11-12-27-24(23)16-36-37-27)29(28-25(33)14-20(32)15-26(28)34)38(19)17-31(5,35)18-39-40(30(2,3)4)21-9-7-6-8-10-21/h6-12,14-16,19,29H,13,17-18H2,1-5H3,(H,36,37)/t19-,29+,31?/m1/s1. The highest BCUT2D eigenvalue weighted by Gasteiger charge is 2.42. The monoisotopic (exact) mass is 628 g/mol. The minimum atomic E-state index is -1.78. The minimum Gasteiger partial charge on any atom is -0.408 e. The third kappa shape index (κ3) is 5.79. The van der Waals surface area contributed by atoms with E-state index in [0.717, 1.165) is 27.2 Å². The molecule has 0 aliphatic carbocycles. The fraction of sp³-hybridized carbons (Fsp3) is 0.387. The van der Waals surface area contributed by atoms with Crippen molar-refractivity contribution in [2.24, 2.45) is 0 Å². The number of hydrogen-bond donors (Lipinski definition) is 1. The molecule has 5 rings (SSSR count). The van der Waals surface area contributed by atoms with Crippen LogP contribution in [0.3, 0.4) is 0 Å². The van der Waals surface area contributed by atoms with Crippen LogP contribution in [0.25, 0.3) is 10.9 Å². The number of halogens is 4. The van der Waals surface area contributed by atoms with Crippen molar-refractivity contribution in [1.29, 1.82) is 0 Å². The van der Waals surface area contributed by atoms with Gasteiger partial charge < -0.3 is 4.43 Å². The van der Waals surface area contributed by atoms with E-state index in [0.29, 0.717) is 10.9 Å². The van der Waals surface area contributed by atoms with E-state index in [9.17, 15) is 0 Å². The molecule has 9 heteroatoms. The number of alkyl halides is 1. The molecular formula is C31H34BrF3N3OSi. The molecule has 1 radical (unpaired) electrons. The van der Waals surface area contributed by atoms with Crippen LogP contribution in [-0.4, -0.2) is 49.0 Å².